The van der Waals surface area contributed by atoms with Crippen LogP contribution in [-0.4, -0.2) is 39.1 Å². The average Bonchev–Trinajstić information content (AvgIpc) is 2.49. The van der Waals surface area contributed by atoms with Gasteiger partial charge >= 0.3 is 7.60 Å². The molecule has 0 aromatic heterocycles. The molecular formula is C19H41O5PSi. The zero-order valence-electron chi connectivity index (χ0n) is 18.7. The number of hydrogen-bond donors (Lipinski definition) is 0. The van der Waals surface area contributed by atoms with Crippen molar-refractivity contribution in [3.05, 3.63) is 0 Å². The molecule has 0 aliphatic rings. The number of rotatable bonds is 11. The van der Waals surface area contributed by atoms with Crippen molar-refractivity contribution in [3.63, 3.8) is 0 Å². The Morgan fingerprint density at radius 2 is 1.42 bits per heavy atom. The minimum Gasteiger partial charge on any atom is -0.413 e. The molecule has 0 radical (unpaired) electrons. The topological polar surface area (TPSA) is 61.8 Å². The minimum atomic E-state index is -3.47. The first-order valence-corrected chi connectivity index (χ1v) is 14.3. The Morgan fingerprint density at radius 3 is 1.73 bits per heavy atom. The minimum absolute atomic E-state index is 0.0560. The van der Waals surface area contributed by atoms with Crippen molar-refractivity contribution in [1.82, 2.24) is 0 Å². The maximum atomic E-state index is 13.1. The zero-order valence-corrected chi connectivity index (χ0v) is 20.6. The van der Waals surface area contributed by atoms with Crippen molar-refractivity contribution < 1.29 is 22.8 Å². The molecule has 26 heavy (non-hydrogen) atoms. The predicted octanol–water partition coefficient (Wildman–Crippen LogP) is 5.89. The van der Waals surface area contributed by atoms with Crippen LogP contribution in [0.4, 0.5) is 0 Å². The Balaban J connectivity index is 5.57. The lowest BCUT2D eigenvalue weighted by atomic mass is 9.90. The van der Waals surface area contributed by atoms with Gasteiger partial charge in [-0.3, -0.25) is 9.36 Å². The van der Waals surface area contributed by atoms with Crippen LogP contribution in [0.25, 0.3) is 0 Å². The van der Waals surface area contributed by atoms with Gasteiger partial charge in [-0.2, -0.15) is 0 Å². The van der Waals surface area contributed by atoms with Gasteiger partial charge in [-0.1, -0.05) is 41.5 Å². The lowest BCUT2D eigenvalue weighted by Gasteiger charge is -2.42. The zero-order chi connectivity index (χ0) is 20.9. The van der Waals surface area contributed by atoms with E-state index in [1.807, 2.05) is 6.92 Å². The predicted molar refractivity (Wildman–Crippen MR) is 111 cm³/mol. The van der Waals surface area contributed by atoms with Crippen molar-refractivity contribution in [3.8, 4) is 0 Å². The van der Waals surface area contributed by atoms with E-state index in [1.165, 1.54) is 0 Å². The Morgan fingerprint density at radius 1 is 1.00 bits per heavy atom. The molecule has 0 saturated carbocycles. The van der Waals surface area contributed by atoms with Gasteiger partial charge in [0.05, 0.1) is 19.3 Å². The van der Waals surface area contributed by atoms with E-state index in [1.54, 1.807) is 20.8 Å². The average molecular weight is 409 g/mol. The van der Waals surface area contributed by atoms with E-state index in [-0.39, 0.29) is 42.0 Å². The third-order valence-electron chi connectivity index (χ3n) is 5.34. The number of carbonyl (C=O) groups is 1. The summed E-state index contributed by atoms with van der Waals surface area (Å²) < 4.78 is 30.3. The summed E-state index contributed by atoms with van der Waals surface area (Å²) >= 11 is 0. The molecule has 0 heterocycles. The summed E-state index contributed by atoms with van der Waals surface area (Å²) in [7, 11) is -5.50. The van der Waals surface area contributed by atoms with Gasteiger partial charge in [0.15, 0.2) is 14.1 Å². The van der Waals surface area contributed by atoms with Crippen molar-refractivity contribution in [2.24, 2.45) is 11.8 Å². The molecule has 5 nitrogen and oxygen atoms in total. The van der Waals surface area contributed by atoms with E-state index in [0.29, 0.717) is 0 Å². The van der Waals surface area contributed by atoms with Crippen LogP contribution in [0.2, 0.25) is 18.1 Å². The first-order chi connectivity index (χ1) is 11.6. The second kappa shape index (κ2) is 9.97. The molecule has 0 bridgehead atoms. The fraction of sp³-hybridized carbons (Fsp3) is 0.947. The standard InChI is InChI=1S/C19H41O5PSi/c1-12-22-25(21,23-13-2)16(6)17(20)15(5)18(14(3)4)24-26(10,11)19(7,8)9/h14-16,18H,12-13H2,1-11H3/t15-,16?,18+/m1/s1. The van der Waals surface area contributed by atoms with Crippen molar-refractivity contribution in [2.45, 2.75) is 92.2 Å². The molecule has 7 heteroatoms. The fourth-order valence-electron chi connectivity index (χ4n) is 2.65. The van der Waals surface area contributed by atoms with Gasteiger partial charge in [-0.25, -0.2) is 0 Å². The molecule has 0 aliphatic heterocycles. The monoisotopic (exact) mass is 408 g/mol. The molecule has 0 N–H and O–H groups in total. The highest BCUT2D eigenvalue weighted by Crippen LogP contribution is 2.54. The molecule has 3 atom stereocenters. The third-order valence-corrected chi connectivity index (χ3v) is 12.3. The summed E-state index contributed by atoms with van der Waals surface area (Å²) in [5, 5.41) is 0.0560. The summed E-state index contributed by atoms with van der Waals surface area (Å²) in [6.45, 7) is 22.6. The van der Waals surface area contributed by atoms with Crippen molar-refractivity contribution in [2.75, 3.05) is 13.2 Å². The van der Waals surface area contributed by atoms with Crippen LogP contribution >= 0.6 is 7.60 Å². The van der Waals surface area contributed by atoms with Gasteiger partial charge in [-0.05, 0) is 44.8 Å². The number of carbonyl (C=O) groups excluding carboxylic acids is 1. The number of hydrogen-bond acceptors (Lipinski definition) is 5. The Bertz CT molecular complexity index is 489. The van der Waals surface area contributed by atoms with E-state index in [2.05, 4.69) is 47.7 Å². The van der Waals surface area contributed by atoms with E-state index in [4.69, 9.17) is 13.5 Å². The van der Waals surface area contributed by atoms with Crippen LogP contribution in [0, 0.1) is 11.8 Å². The largest absolute Gasteiger partial charge is 0.413 e. The Kier molecular flexibility index (Phi) is 9.97. The van der Waals surface area contributed by atoms with Crippen molar-refractivity contribution in [1.29, 1.82) is 0 Å². The lowest BCUT2D eigenvalue weighted by molar-refractivity contribution is -0.126. The molecule has 0 aromatic rings. The Hall–Kier alpha value is -0.00312. The van der Waals surface area contributed by atoms with Crippen LogP contribution in [0.3, 0.4) is 0 Å². The van der Waals surface area contributed by atoms with E-state index >= 15 is 0 Å². The molecule has 0 rings (SSSR count). The van der Waals surface area contributed by atoms with E-state index < -0.39 is 21.6 Å². The van der Waals surface area contributed by atoms with Gasteiger partial charge in [0, 0.05) is 5.92 Å². The van der Waals surface area contributed by atoms with Gasteiger partial charge in [0.25, 0.3) is 0 Å². The fourth-order valence-corrected chi connectivity index (χ4v) is 5.95. The van der Waals surface area contributed by atoms with Gasteiger partial charge in [-0.15, -0.1) is 0 Å². The summed E-state index contributed by atoms with van der Waals surface area (Å²) in [6.07, 6.45) is -0.220. The molecule has 0 aliphatic carbocycles. The first-order valence-electron chi connectivity index (χ1n) is 9.74. The highest BCUT2D eigenvalue weighted by atomic mass is 31.2. The van der Waals surface area contributed by atoms with Crippen LogP contribution in [0.15, 0.2) is 0 Å². The van der Waals surface area contributed by atoms with Crippen molar-refractivity contribution >= 4 is 21.7 Å². The number of ketones is 1. The Labute approximate surface area is 162 Å². The summed E-state index contributed by atoms with van der Waals surface area (Å²) in [6, 6.07) is 0. The van der Waals surface area contributed by atoms with Crippen LogP contribution in [0.5, 0.6) is 0 Å². The normalized spacial score (nSPS) is 17.2. The van der Waals surface area contributed by atoms with Crippen LogP contribution < -0.4 is 0 Å². The summed E-state index contributed by atoms with van der Waals surface area (Å²) in [5.41, 5.74) is -0.804. The highest BCUT2D eigenvalue weighted by Gasteiger charge is 2.45. The molecule has 1 unspecified atom stereocenters. The van der Waals surface area contributed by atoms with Gasteiger partial charge in [0.1, 0.15) is 5.66 Å². The third kappa shape index (κ3) is 6.56. The smallest absolute Gasteiger partial charge is 0.340 e. The highest BCUT2D eigenvalue weighted by molar-refractivity contribution is 7.55. The molecule has 0 amide bonds. The molecular weight excluding hydrogens is 367 g/mol. The van der Waals surface area contributed by atoms with E-state index in [9.17, 15) is 9.36 Å². The number of Topliss-reactive ketones (excluding diaryl/α,β-unsaturated/α-hetero) is 1. The van der Waals surface area contributed by atoms with Gasteiger partial charge in [0.2, 0.25) is 0 Å². The lowest BCUT2D eigenvalue weighted by Crippen LogP contribution is -2.49. The second-order valence-corrected chi connectivity index (χ2v) is 16.0. The molecule has 0 spiro atoms. The molecule has 0 saturated heterocycles. The maximum absolute atomic E-state index is 13.1. The second-order valence-electron chi connectivity index (χ2n) is 8.83. The van der Waals surface area contributed by atoms with Gasteiger partial charge < -0.3 is 13.5 Å². The van der Waals surface area contributed by atoms with E-state index in [0.717, 1.165) is 0 Å². The van der Waals surface area contributed by atoms with Crippen LogP contribution in [0.1, 0.15) is 62.3 Å². The molecule has 0 aromatic carbocycles. The SMILES string of the molecule is CCOP(=O)(OCC)C(C)C(=O)[C@@H](C)[C@@H](O[Si](C)(C)C(C)(C)C)C(C)C. The summed E-state index contributed by atoms with van der Waals surface area (Å²) in [5.74, 6) is -0.324. The first kappa shape index (κ1) is 26.0. The summed E-state index contributed by atoms with van der Waals surface area (Å²) in [4.78, 5) is 13.1. The quantitative estimate of drug-likeness (QED) is 0.315. The molecule has 0 fully saturated rings. The maximum Gasteiger partial charge on any atom is 0.340 e. The molecule has 156 valence electrons. The van der Waals surface area contributed by atoms with Crippen LogP contribution in [-0.2, 0) is 22.8 Å².